The van der Waals surface area contributed by atoms with E-state index in [9.17, 15) is 31.9 Å². The van der Waals surface area contributed by atoms with Gasteiger partial charge in [0.2, 0.25) is 5.91 Å². The van der Waals surface area contributed by atoms with Crippen molar-refractivity contribution < 1.29 is 31.9 Å². The first kappa shape index (κ1) is 27.3. The lowest BCUT2D eigenvalue weighted by Gasteiger charge is -2.31. The minimum absolute atomic E-state index is 0.108. The van der Waals surface area contributed by atoms with Crippen LogP contribution in [0.2, 0.25) is 0 Å². The third-order valence-electron chi connectivity index (χ3n) is 6.82. The SMILES string of the molecule is CCn1nccc1C(=O)N[C@H](C(=O)Nc1cc(CN2C[C@@H](C(F)(F)F)NC2=O)ccn1)C1CCC(F)CC1. The van der Waals surface area contributed by atoms with E-state index in [1.807, 2.05) is 12.2 Å². The molecule has 2 aromatic rings. The summed E-state index contributed by atoms with van der Waals surface area (Å²) in [6.45, 7) is 1.62. The molecule has 10 nitrogen and oxygen atoms in total. The second-order valence-corrected chi connectivity index (χ2v) is 9.46. The maximum atomic E-state index is 13.8. The molecule has 1 aliphatic carbocycles. The van der Waals surface area contributed by atoms with E-state index in [0.29, 0.717) is 24.9 Å². The molecule has 1 aliphatic heterocycles. The molecule has 2 aliphatic rings. The van der Waals surface area contributed by atoms with Gasteiger partial charge in [0.25, 0.3) is 5.91 Å². The molecule has 14 heteroatoms. The number of hydrogen-bond donors (Lipinski definition) is 3. The van der Waals surface area contributed by atoms with Crippen LogP contribution in [0.5, 0.6) is 0 Å². The molecule has 2 aromatic heterocycles. The lowest BCUT2D eigenvalue weighted by molar-refractivity contribution is -0.149. The third-order valence-corrected chi connectivity index (χ3v) is 6.82. The Balaban J connectivity index is 1.46. The minimum atomic E-state index is -4.56. The molecule has 0 spiro atoms. The van der Waals surface area contributed by atoms with Crippen LogP contribution in [0.4, 0.5) is 28.2 Å². The van der Waals surface area contributed by atoms with Crippen molar-refractivity contribution in [3.05, 3.63) is 41.9 Å². The van der Waals surface area contributed by atoms with Crippen LogP contribution < -0.4 is 16.0 Å². The molecular weight excluding hydrogens is 510 g/mol. The van der Waals surface area contributed by atoms with E-state index < -0.39 is 48.8 Å². The van der Waals surface area contributed by atoms with Crippen LogP contribution in [0.1, 0.15) is 48.7 Å². The van der Waals surface area contributed by atoms with Crippen molar-refractivity contribution in [2.75, 3.05) is 11.9 Å². The van der Waals surface area contributed by atoms with Gasteiger partial charge in [-0.15, -0.1) is 0 Å². The molecule has 2 atom stereocenters. The molecule has 1 saturated carbocycles. The number of hydrogen-bond acceptors (Lipinski definition) is 5. The predicted octanol–water partition coefficient (Wildman–Crippen LogP) is 3.02. The normalized spacial score (nSPS) is 22.6. The van der Waals surface area contributed by atoms with Crippen LogP contribution in [0, 0.1) is 5.92 Å². The van der Waals surface area contributed by atoms with Crippen molar-refractivity contribution in [2.24, 2.45) is 5.92 Å². The molecule has 206 valence electrons. The molecule has 1 saturated heterocycles. The summed E-state index contributed by atoms with van der Waals surface area (Å²) < 4.78 is 54.2. The zero-order chi connectivity index (χ0) is 27.4. The Hall–Kier alpha value is -3.71. The topological polar surface area (TPSA) is 121 Å². The first-order valence-electron chi connectivity index (χ1n) is 12.4. The average molecular weight is 540 g/mol. The van der Waals surface area contributed by atoms with Gasteiger partial charge in [0, 0.05) is 25.5 Å². The summed E-state index contributed by atoms with van der Waals surface area (Å²) in [4.78, 5) is 43.4. The Morgan fingerprint density at radius 3 is 2.58 bits per heavy atom. The van der Waals surface area contributed by atoms with E-state index in [2.05, 4.69) is 20.7 Å². The smallest absolute Gasteiger partial charge is 0.339 e. The standard InChI is InChI=1S/C24H29F4N7O3/c1-2-35-17(8-10-30-35)21(36)33-20(15-3-5-16(25)6-4-15)22(37)32-19-11-14(7-9-29-19)12-34-13-18(24(26,27)28)31-23(34)38/h7-11,15-16,18,20H,2-6,12-13H2,1H3,(H,31,38)(H,33,36)(H,29,32,37)/t15?,16?,18-,20-/m0/s1. The number of halogens is 4. The van der Waals surface area contributed by atoms with E-state index in [0.717, 1.165) is 4.90 Å². The number of carbonyl (C=O) groups is 3. The Bertz CT molecular complexity index is 1160. The first-order chi connectivity index (χ1) is 18.0. The van der Waals surface area contributed by atoms with Crippen LogP contribution in [0.25, 0.3) is 0 Å². The Kier molecular flexibility index (Phi) is 8.17. The summed E-state index contributed by atoms with van der Waals surface area (Å²) >= 11 is 0. The summed E-state index contributed by atoms with van der Waals surface area (Å²) in [6, 6.07) is 0.746. The Labute approximate surface area is 216 Å². The molecular formula is C24H29F4N7O3. The average Bonchev–Trinajstić information content (AvgIpc) is 3.50. The number of anilines is 1. The number of rotatable bonds is 8. The second kappa shape index (κ2) is 11.4. The van der Waals surface area contributed by atoms with Crippen molar-refractivity contribution in [1.29, 1.82) is 0 Å². The molecule has 4 rings (SSSR count). The van der Waals surface area contributed by atoms with Crippen molar-refractivity contribution in [3.63, 3.8) is 0 Å². The number of pyridine rings is 1. The van der Waals surface area contributed by atoms with E-state index in [1.165, 1.54) is 35.3 Å². The molecule has 3 N–H and O–H groups in total. The van der Waals surface area contributed by atoms with E-state index in [1.54, 1.807) is 0 Å². The zero-order valence-electron chi connectivity index (χ0n) is 20.7. The van der Waals surface area contributed by atoms with Crippen molar-refractivity contribution in [2.45, 2.75) is 70.1 Å². The van der Waals surface area contributed by atoms with Gasteiger partial charge in [0.05, 0.1) is 6.54 Å². The molecule has 3 heterocycles. The molecule has 0 aromatic carbocycles. The maximum absolute atomic E-state index is 13.8. The zero-order valence-corrected chi connectivity index (χ0v) is 20.7. The number of nitrogens with one attached hydrogen (secondary N) is 3. The van der Waals surface area contributed by atoms with Crippen LogP contribution in [-0.4, -0.2) is 68.5 Å². The van der Waals surface area contributed by atoms with Crippen molar-refractivity contribution in [1.82, 2.24) is 30.3 Å². The van der Waals surface area contributed by atoms with Crippen LogP contribution in [0.3, 0.4) is 0 Å². The highest BCUT2D eigenvalue weighted by Crippen LogP contribution is 2.30. The fourth-order valence-electron chi connectivity index (χ4n) is 4.78. The third kappa shape index (κ3) is 6.40. The largest absolute Gasteiger partial charge is 0.410 e. The van der Waals surface area contributed by atoms with E-state index in [4.69, 9.17) is 0 Å². The monoisotopic (exact) mass is 539 g/mol. The van der Waals surface area contributed by atoms with E-state index in [-0.39, 0.29) is 36.8 Å². The van der Waals surface area contributed by atoms with Crippen molar-refractivity contribution >= 4 is 23.7 Å². The number of nitrogens with zero attached hydrogens (tertiary/aromatic N) is 4. The first-order valence-corrected chi connectivity index (χ1v) is 12.4. The minimum Gasteiger partial charge on any atom is -0.339 e. The quantitative estimate of drug-likeness (QED) is 0.446. The number of urea groups is 1. The highest BCUT2D eigenvalue weighted by Gasteiger charge is 2.46. The lowest BCUT2D eigenvalue weighted by atomic mass is 9.82. The fourth-order valence-corrected chi connectivity index (χ4v) is 4.78. The van der Waals surface area contributed by atoms with Crippen LogP contribution in [0.15, 0.2) is 30.6 Å². The van der Waals surface area contributed by atoms with Gasteiger partial charge in [-0.2, -0.15) is 18.3 Å². The summed E-state index contributed by atoms with van der Waals surface area (Å²) in [7, 11) is 0. The molecule has 0 unspecified atom stereocenters. The Morgan fingerprint density at radius 1 is 1.18 bits per heavy atom. The molecule has 2 fully saturated rings. The van der Waals surface area contributed by atoms with Gasteiger partial charge in [0.15, 0.2) is 0 Å². The van der Waals surface area contributed by atoms with Crippen LogP contribution in [-0.2, 0) is 17.9 Å². The second-order valence-electron chi connectivity index (χ2n) is 9.46. The number of alkyl halides is 4. The molecule has 4 amide bonds. The predicted molar refractivity (Wildman–Crippen MR) is 128 cm³/mol. The summed E-state index contributed by atoms with van der Waals surface area (Å²) in [6.07, 6.45) is -1.29. The van der Waals surface area contributed by atoms with E-state index >= 15 is 0 Å². The highest BCUT2D eigenvalue weighted by molar-refractivity contribution is 6.00. The summed E-state index contributed by atoms with van der Waals surface area (Å²) in [5.41, 5.74) is 0.740. The number of amides is 4. The van der Waals surface area contributed by atoms with Gasteiger partial charge >= 0.3 is 12.2 Å². The lowest BCUT2D eigenvalue weighted by Crippen LogP contribution is -2.50. The fraction of sp³-hybridized carbons (Fsp3) is 0.542. The van der Waals surface area contributed by atoms with Gasteiger partial charge < -0.3 is 20.9 Å². The number of aromatic nitrogens is 3. The number of aryl methyl sites for hydroxylation is 1. The summed E-state index contributed by atoms with van der Waals surface area (Å²) in [5, 5.41) is 11.4. The van der Waals surface area contributed by atoms with Gasteiger partial charge in [-0.1, -0.05) is 0 Å². The van der Waals surface area contributed by atoms with Gasteiger partial charge in [-0.25, -0.2) is 14.2 Å². The molecule has 0 radical (unpaired) electrons. The van der Waals surface area contributed by atoms with Gasteiger partial charge in [-0.05, 0) is 62.3 Å². The number of carbonyl (C=O) groups excluding carboxylic acids is 3. The van der Waals surface area contributed by atoms with Crippen LogP contribution >= 0.6 is 0 Å². The van der Waals surface area contributed by atoms with Crippen molar-refractivity contribution in [3.8, 4) is 0 Å². The molecule has 38 heavy (non-hydrogen) atoms. The van der Waals surface area contributed by atoms with Gasteiger partial charge in [0.1, 0.15) is 29.8 Å². The maximum Gasteiger partial charge on any atom is 0.410 e. The Morgan fingerprint density at radius 2 is 1.92 bits per heavy atom. The molecule has 0 bridgehead atoms. The van der Waals surface area contributed by atoms with Gasteiger partial charge in [-0.3, -0.25) is 14.3 Å². The highest BCUT2D eigenvalue weighted by atomic mass is 19.4. The summed E-state index contributed by atoms with van der Waals surface area (Å²) in [5.74, 6) is -1.24.